The molecule has 19 heavy (non-hydrogen) atoms. The van der Waals surface area contributed by atoms with Crippen LogP contribution < -0.4 is 5.73 Å². The Hall–Kier alpha value is -1.00. The molecule has 4 heteroatoms. The van der Waals surface area contributed by atoms with E-state index in [1.807, 2.05) is 6.92 Å². The first-order valence-electron chi connectivity index (χ1n) is 6.91. The van der Waals surface area contributed by atoms with Crippen molar-refractivity contribution in [2.75, 3.05) is 6.61 Å². The standard InChI is InChI=1S/C15H21F2NO/c1-2-19-15(8-3-4-9-15)14(18)10-11-12(16)6-5-7-13(11)17/h5-7,14H,2-4,8-10,18H2,1H3. The minimum absolute atomic E-state index is 0.0704. The largest absolute Gasteiger partial charge is 0.374 e. The summed E-state index contributed by atoms with van der Waals surface area (Å²) >= 11 is 0. The highest BCUT2D eigenvalue weighted by atomic mass is 19.1. The molecule has 1 aliphatic rings. The molecule has 1 atom stereocenters. The number of benzene rings is 1. The molecule has 1 unspecified atom stereocenters. The monoisotopic (exact) mass is 269 g/mol. The Morgan fingerprint density at radius 3 is 2.37 bits per heavy atom. The van der Waals surface area contributed by atoms with Crippen LogP contribution in [-0.2, 0) is 11.2 Å². The summed E-state index contributed by atoms with van der Waals surface area (Å²) in [6, 6.07) is 3.54. The van der Waals surface area contributed by atoms with Crippen molar-refractivity contribution in [2.24, 2.45) is 5.73 Å². The van der Waals surface area contributed by atoms with Crippen LogP contribution in [0, 0.1) is 11.6 Å². The second-order valence-corrected chi connectivity index (χ2v) is 5.22. The maximum absolute atomic E-state index is 13.7. The van der Waals surface area contributed by atoms with Gasteiger partial charge in [0.2, 0.25) is 0 Å². The van der Waals surface area contributed by atoms with E-state index in [4.69, 9.17) is 10.5 Å². The normalized spacial score (nSPS) is 19.6. The van der Waals surface area contributed by atoms with E-state index >= 15 is 0 Å². The van der Waals surface area contributed by atoms with E-state index < -0.39 is 17.2 Å². The summed E-state index contributed by atoms with van der Waals surface area (Å²) in [5.74, 6) is -1.06. The van der Waals surface area contributed by atoms with E-state index in [0.717, 1.165) is 25.7 Å². The topological polar surface area (TPSA) is 35.2 Å². The third-order valence-corrected chi connectivity index (χ3v) is 4.04. The van der Waals surface area contributed by atoms with Crippen LogP contribution in [0.2, 0.25) is 0 Å². The molecule has 0 saturated heterocycles. The zero-order valence-corrected chi connectivity index (χ0v) is 11.3. The summed E-state index contributed by atoms with van der Waals surface area (Å²) in [5.41, 5.74) is 5.87. The van der Waals surface area contributed by atoms with Gasteiger partial charge in [0.1, 0.15) is 11.6 Å². The van der Waals surface area contributed by atoms with Crippen LogP contribution in [0.3, 0.4) is 0 Å². The summed E-state index contributed by atoms with van der Waals surface area (Å²) in [7, 11) is 0. The molecule has 0 amide bonds. The lowest BCUT2D eigenvalue weighted by molar-refractivity contribution is -0.0527. The molecule has 1 fully saturated rings. The second-order valence-electron chi connectivity index (χ2n) is 5.22. The smallest absolute Gasteiger partial charge is 0.129 e. The molecular weight excluding hydrogens is 248 g/mol. The molecule has 0 aliphatic heterocycles. The number of hydrogen-bond acceptors (Lipinski definition) is 2. The van der Waals surface area contributed by atoms with Crippen molar-refractivity contribution >= 4 is 0 Å². The fourth-order valence-electron chi connectivity index (χ4n) is 3.02. The second kappa shape index (κ2) is 5.97. The lowest BCUT2D eigenvalue weighted by Crippen LogP contribution is -2.49. The highest BCUT2D eigenvalue weighted by Gasteiger charge is 2.40. The molecule has 106 valence electrons. The van der Waals surface area contributed by atoms with Gasteiger partial charge in [0.25, 0.3) is 0 Å². The molecule has 2 N–H and O–H groups in total. The zero-order chi connectivity index (χ0) is 13.9. The zero-order valence-electron chi connectivity index (χ0n) is 11.3. The summed E-state index contributed by atoms with van der Waals surface area (Å²) in [4.78, 5) is 0. The average Bonchev–Trinajstić information content (AvgIpc) is 2.84. The predicted molar refractivity (Wildman–Crippen MR) is 70.9 cm³/mol. The molecular formula is C15H21F2NO. The number of ether oxygens (including phenoxy) is 1. The number of halogens is 2. The van der Waals surface area contributed by atoms with Gasteiger partial charge < -0.3 is 10.5 Å². The van der Waals surface area contributed by atoms with Crippen molar-refractivity contribution in [2.45, 2.75) is 50.7 Å². The summed E-state index contributed by atoms with van der Waals surface area (Å²) < 4.78 is 33.2. The van der Waals surface area contributed by atoms with Crippen molar-refractivity contribution in [3.8, 4) is 0 Å². The molecule has 1 aliphatic carbocycles. The third kappa shape index (κ3) is 2.95. The number of nitrogens with two attached hydrogens (primary N) is 1. The van der Waals surface area contributed by atoms with Crippen LogP contribution >= 0.6 is 0 Å². The van der Waals surface area contributed by atoms with E-state index in [1.165, 1.54) is 18.2 Å². The SMILES string of the molecule is CCOC1(C(N)Cc2c(F)cccc2F)CCCC1. The van der Waals surface area contributed by atoms with Crippen LogP contribution in [0.25, 0.3) is 0 Å². The van der Waals surface area contributed by atoms with Crippen molar-refractivity contribution in [1.29, 1.82) is 0 Å². The van der Waals surface area contributed by atoms with Crippen LogP contribution in [0.4, 0.5) is 8.78 Å². The minimum Gasteiger partial charge on any atom is -0.374 e. The fourth-order valence-corrected chi connectivity index (χ4v) is 3.02. The van der Waals surface area contributed by atoms with Crippen molar-refractivity contribution < 1.29 is 13.5 Å². The van der Waals surface area contributed by atoms with Gasteiger partial charge in [-0.1, -0.05) is 18.9 Å². The molecule has 0 aromatic heterocycles. The van der Waals surface area contributed by atoms with E-state index in [1.54, 1.807) is 0 Å². The lowest BCUT2D eigenvalue weighted by Gasteiger charge is -2.35. The number of hydrogen-bond donors (Lipinski definition) is 1. The van der Waals surface area contributed by atoms with Crippen LogP contribution in [0.15, 0.2) is 18.2 Å². The molecule has 1 aromatic carbocycles. The third-order valence-electron chi connectivity index (χ3n) is 4.04. The Morgan fingerprint density at radius 1 is 1.26 bits per heavy atom. The van der Waals surface area contributed by atoms with Crippen molar-refractivity contribution in [1.82, 2.24) is 0 Å². The van der Waals surface area contributed by atoms with E-state index in [2.05, 4.69) is 0 Å². The van der Waals surface area contributed by atoms with Crippen LogP contribution in [0.5, 0.6) is 0 Å². The molecule has 1 aromatic rings. The van der Waals surface area contributed by atoms with E-state index in [9.17, 15) is 8.78 Å². The molecule has 2 nitrogen and oxygen atoms in total. The fraction of sp³-hybridized carbons (Fsp3) is 0.600. The Morgan fingerprint density at radius 2 is 1.84 bits per heavy atom. The molecule has 0 spiro atoms. The van der Waals surface area contributed by atoms with Gasteiger partial charge >= 0.3 is 0 Å². The van der Waals surface area contributed by atoms with Gasteiger partial charge in [0.05, 0.1) is 5.60 Å². The quantitative estimate of drug-likeness (QED) is 0.891. The predicted octanol–water partition coefficient (Wildman–Crippen LogP) is 3.18. The first-order chi connectivity index (χ1) is 9.09. The highest BCUT2D eigenvalue weighted by molar-refractivity contribution is 5.21. The maximum Gasteiger partial charge on any atom is 0.129 e. The van der Waals surface area contributed by atoms with E-state index in [0.29, 0.717) is 6.61 Å². The van der Waals surface area contributed by atoms with Crippen molar-refractivity contribution in [3.05, 3.63) is 35.4 Å². The Balaban J connectivity index is 2.17. The summed E-state index contributed by atoms with van der Waals surface area (Å²) in [6.45, 7) is 2.50. The molecule has 0 heterocycles. The minimum atomic E-state index is -0.528. The van der Waals surface area contributed by atoms with Gasteiger partial charge in [-0.05, 0) is 38.3 Å². The first kappa shape index (κ1) is 14.4. The Bertz CT molecular complexity index is 410. The van der Waals surface area contributed by atoms with Crippen molar-refractivity contribution in [3.63, 3.8) is 0 Å². The molecule has 1 saturated carbocycles. The van der Waals surface area contributed by atoms with Gasteiger partial charge in [-0.2, -0.15) is 0 Å². The van der Waals surface area contributed by atoms with Crippen LogP contribution in [-0.4, -0.2) is 18.2 Å². The lowest BCUT2D eigenvalue weighted by atomic mass is 9.87. The van der Waals surface area contributed by atoms with E-state index in [-0.39, 0.29) is 18.0 Å². The molecule has 2 rings (SSSR count). The van der Waals surface area contributed by atoms with Gasteiger partial charge in [-0.15, -0.1) is 0 Å². The maximum atomic E-state index is 13.7. The van der Waals surface area contributed by atoms with Gasteiger partial charge in [0.15, 0.2) is 0 Å². The van der Waals surface area contributed by atoms with Crippen LogP contribution in [0.1, 0.15) is 38.2 Å². The average molecular weight is 269 g/mol. The van der Waals surface area contributed by atoms with Gasteiger partial charge in [-0.25, -0.2) is 8.78 Å². The first-order valence-corrected chi connectivity index (χ1v) is 6.91. The van der Waals surface area contributed by atoms with Gasteiger partial charge in [0, 0.05) is 18.2 Å². The summed E-state index contributed by atoms with van der Waals surface area (Å²) in [6.07, 6.45) is 4.05. The van der Waals surface area contributed by atoms with Gasteiger partial charge in [-0.3, -0.25) is 0 Å². The molecule has 0 radical (unpaired) electrons. The Kier molecular flexibility index (Phi) is 4.53. The Labute approximate surface area is 112 Å². The number of rotatable bonds is 5. The molecule has 0 bridgehead atoms. The summed E-state index contributed by atoms with van der Waals surface area (Å²) in [5, 5.41) is 0. The highest BCUT2D eigenvalue weighted by Crippen LogP contribution is 2.36.